The summed E-state index contributed by atoms with van der Waals surface area (Å²) in [5.74, 6) is 1.24. The zero-order valence-electron chi connectivity index (χ0n) is 11.8. The number of rotatable bonds is 6. The van der Waals surface area contributed by atoms with Crippen molar-refractivity contribution in [3.05, 3.63) is 36.2 Å². The molecule has 1 fully saturated rings. The fourth-order valence-corrected chi connectivity index (χ4v) is 2.33. The Morgan fingerprint density at radius 3 is 2.76 bits per heavy atom. The second-order valence-corrected chi connectivity index (χ2v) is 5.16. The molecule has 3 rings (SSSR count). The van der Waals surface area contributed by atoms with Gasteiger partial charge in [-0.15, -0.1) is 5.10 Å². The molecule has 1 aromatic carbocycles. The Labute approximate surface area is 122 Å². The molecule has 0 spiro atoms. The maximum atomic E-state index is 12.1. The second-order valence-electron chi connectivity index (χ2n) is 5.16. The molecule has 1 aromatic heterocycles. The highest BCUT2D eigenvalue weighted by Crippen LogP contribution is 2.41. The molecule has 1 heterocycles. The fraction of sp³-hybridized carbons (Fsp3) is 0.429. The normalized spacial score (nSPS) is 15.5. The highest BCUT2D eigenvalue weighted by Gasteiger charge is 2.33. The van der Waals surface area contributed by atoms with Gasteiger partial charge in [0.25, 0.3) is 0 Å². The van der Waals surface area contributed by atoms with Crippen LogP contribution in [0.1, 0.15) is 24.4 Å². The number of tetrazole rings is 1. The molecule has 0 bridgehead atoms. The van der Waals surface area contributed by atoms with Crippen molar-refractivity contribution >= 4 is 5.91 Å². The van der Waals surface area contributed by atoms with Crippen LogP contribution < -0.4 is 10.1 Å². The number of amides is 1. The van der Waals surface area contributed by atoms with Gasteiger partial charge in [0, 0.05) is 0 Å². The van der Waals surface area contributed by atoms with Gasteiger partial charge in [-0.3, -0.25) is 4.79 Å². The molecule has 1 saturated carbocycles. The molecule has 110 valence electrons. The first kappa shape index (κ1) is 13.5. The van der Waals surface area contributed by atoms with Gasteiger partial charge in [0.15, 0.2) is 0 Å². The summed E-state index contributed by atoms with van der Waals surface area (Å²) in [6.45, 7) is 0.131. The molecule has 7 nitrogen and oxygen atoms in total. The Hall–Kier alpha value is -2.44. The molecule has 21 heavy (non-hydrogen) atoms. The number of carbonyl (C=O) groups is 1. The second kappa shape index (κ2) is 5.90. The molecule has 0 aliphatic heterocycles. The van der Waals surface area contributed by atoms with Gasteiger partial charge < -0.3 is 10.1 Å². The third-order valence-corrected chi connectivity index (χ3v) is 3.58. The van der Waals surface area contributed by atoms with E-state index >= 15 is 0 Å². The lowest BCUT2D eigenvalue weighted by Crippen LogP contribution is -2.32. The van der Waals surface area contributed by atoms with E-state index in [9.17, 15) is 4.79 Å². The Morgan fingerprint density at radius 2 is 2.19 bits per heavy atom. The number of nitrogens with one attached hydrogen (secondary N) is 1. The highest BCUT2D eigenvalue weighted by atomic mass is 16.5. The van der Waals surface area contributed by atoms with Crippen molar-refractivity contribution in [2.45, 2.75) is 25.4 Å². The molecule has 1 atom stereocenters. The average molecular weight is 287 g/mol. The fourth-order valence-electron chi connectivity index (χ4n) is 2.33. The molecule has 1 aliphatic rings. The van der Waals surface area contributed by atoms with Crippen LogP contribution in [-0.2, 0) is 11.3 Å². The lowest BCUT2D eigenvalue weighted by atomic mass is 10.0. The van der Waals surface area contributed by atoms with Gasteiger partial charge in [-0.05, 0) is 46.9 Å². The SMILES string of the molecule is COc1ccc(C(NC(=O)Cn2cnnn2)C2CC2)cc1. The summed E-state index contributed by atoms with van der Waals surface area (Å²) in [6.07, 6.45) is 3.71. The molecular formula is C14H17N5O2. The Morgan fingerprint density at radius 1 is 1.43 bits per heavy atom. The van der Waals surface area contributed by atoms with Gasteiger partial charge in [-0.25, -0.2) is 4.68 Å². The van der Waals surface area contributed by atoms with Gasteiger partial charge >= 0.3 is 0 Å². The first-order valence-corrected chi connectivity index (χ1v) is 6.90. The van der Waals surface area contributed by atoms with Crippen molar-refractivity contribution in [3.63, 3.8) is 0 Å². The number of nitrogens with zero attached hydrogens (tertiary/aromatic N) is 4. The van der Waals surface area contributed by atoms with E-state index in [0.717, 1.165) is 24.2 Å². The monoisotopic (exact) mass is 287 g/mol. The van der Waals surface area contributed by atoms with Crippen LogP contribution in [0.3, 0.4) is 0 Å². The van der Waals surface area contributed by atoms with E-state index in [1.165, 1.54) is 11.0 Å². The highest BCUT2D eigenvalue weighted by molar-refractivity contribution is 5.76. The maximum absolute atomic E-state index is 12.1. The predicted octanol–water partition coefficient (Wildman–Crippen LogP) is 0.949. The molecule has 1 N–H and O–H groups in total. The molecule has 0 radical (unpaired) electrons. The Kier molecular flexibility index (Phi) is 3.81. The van der Waals surface area contributed by atoms with Crippen LogP contribution in [0.15, 0.2) is 30.6 Å². The van der Waals surface area contributed by atoms with Gasteiger partial charge in [-0.1, -0.05) is 12.1 Å². The standard InChI is InChI=1S/C14H17N5O2/c1-21-12-6-4-11(5-7-12)14(10-2-3-10)16-13(20)8-19-9-15-17-18-19/h4-7,9-10,14H,2-3,8H2,1H3,(H,16,20). The van der Waals surface area contributed by atoms with Crippen molar-refractivity contribution < 1.29 is 9.53 Å². The lowest BCUT2D eigenvalue weighted by molar-refractivity contribution is -0.122. The summed E-state index contributed by atoms with van der Waals surface area (Å²) in [7, 11) is 1.64. The van der Waals surface area contributed by atoms with Crippen LogP contribution in [0.2, 0.25) is 0 Å². The summed E-state index contributed by atoms with van der Waals surface area (Å²) >= 11 is 0. The molecule has 1 unspecified atom stereocenters. The summed E-state index contributed by atoms with van der Waals surface area (Å²) in [4.78, 5) is 12.1. The van der Waals surface area contributed by atoms with E-state index in [1.807, 2.05) is 24.3 Å². The number of methoxy groups -OCH3 is 1. The summed E-state index contributed by atoms with van der Waals surface area (Å²) in [6, 6.07) is 7.87. The number of carbonyl (C=O) groups excluding carboxylic acids is 1. The lowest BCUT2D eigenvalue weighted by Gasteiger charge is -2.19. The maximum Gasteiger partial charge on any atom is 0.242 e. The van der Waals surface area contributed by atoms with E-state index in [-0.39, 0.29) is 18.5 Å². The minimum absolute atomic E-state index is 0.0416. The van der Waals surface area contributed by atoms with Crippen molar-refractivity contribution in [2.24, 2.45) is 5.92 Å². The predicted molar refractivity (Wildman–Crippen MR) is 74.4 cm³/mol. The van der Waals surface area contributed by atoms with Crippen LogP contribution in [0.5, 0.6) is 5.75 Å². The van der Waals surface area contributed by atoms with E-state index in [2.05, 4.69) is 20.8 Å². The van der Waals surface area contributed by atoms with Crippen LogP contribution in [0.25, 0.3) is 0 Å². The van der Waals surface area contributed by atoms with Crippen molar-refractivity contribution in [1.29, 1.82) is 0 Å². The van der Waals surface area contributed by atoms with Crippen LogP contribution in [0, 0.1) is 5.92 Å². The van der Waals surface area contributed by atoms with E-state index in [1.54, 1.807) is 7.11 Å². The third-order valence-electron chi connectivity index (χ3n) is 3.58. The number of hydrogen-bond acceptors (Lipinski definition) is 5. The number of hydrogen-bond donors (Lipinski definition) is 1. The number of benzene rings is 1. The molecule has 1 aliphatic carbocycles. The largest absolute Gasteiger partial charge is 0.497 e. The Bertz CT molecular complexity index is 592. The van der Waals surface area contributed by atoms with Gasteiger partial charge in [0.1, 0.15) is 18.6 Å². The zero-order chi connectivity index (χ0) is 14.7. The average Bonchev–Trinajstić information content (AvgIpc) is 3.23. The third kappa shape index (κ3) is 3.36. The Balaban J connectivity index is 1.67. The molecule has 7 heteroatoms. The van der Waals surface area contributed by atoms with Gasteiger partial charge in [0.05, 0.1) is 13.2 Å². The van der Waals surface area contributed by atoms with Crippen molar-refractivity contribution in [2.75, 3.05) is 7.11 Å². The summed E-state index contributed by atoms with van der Waals surface area (Å²) in [5, 5.41) is 13.8. The summed E-state index contributed by atoms with van der Waals surface area (Å²) < 4.78 is 6.57. The van der Waals surface area contributed by atoms with E-state index < -0.39 is 0 Å². The summed E-state index contributed by atoms with van der Waals surface area (Å²) in [5.41, 5.74) is 1.10. The topological polar surface area (TPSA) is 81.9 Å². The van der Waals surface area contributed by atoms with Crippen LogP contribution >= 0.6 is 0 Å². The first-order valence-electron chi connectivity index (χ1n) is 6.90. The van der Waals surface area contributed by atoms with E-state index in [4.69, 9.17) is 4.74 Å². The van der Waals surface area contributed by atoms with Crippen molar-refractivity contribution in [1.82, 2.24) is 25.5 Å². The quantitative estimate of drug-likeness (QED) is 0.855. The first-order chi connectivity index (χ1) is 10.3. The smallest absolute Gasteiger partial charge is 0.242 e. The van der Waals surface area contributed by atoms with Crippen LogP contribution in [-0.4, -0.2) is 33.2 Å². The molecule has 2 aromatic rings. The molecule has 1 amide bonds. The minimum atomic E-state index is -0.0879. The van der Waals surface area contributed by atoms with Gasteiger partial charge in [0.2, 0.25) is 5.91 Å². The number of aromatic nitrogens is 4. The molecule has 0 saturated heterocycles. The van der Waals surface area contributed by atoms with Crippen LogP contribution in [0.4, 0.5) is 0 Å². The van der Waals surface area contributed by atoms with E-state index in [0.29, 0.717) is 5.92 Å². The van der Waals surface area contributed by atoms with Crippen molar-refractivity contribution in [3.8, 4) is 5.75 Å². The minimum Gasteiger partial charge on any atom is -0.497 e. The zero-order valence-corrected chi connectivity index (χ0v) is 11.8. The van der Waals surface area contributed by atoms with Gasteiger partial charge in [-0.2, -0.15) is 0 Å². The molecular weight excluding hydrogens is 270 g/mol. The number of ether oxygens (including phenoxy) is 1.